The average Bonchev–Trinajstić information content (AvgIpc) is 3.69. The molecule has 0 bridgehead atoms. The predicted molar refractivity (Wildman–Crippen MR) is 153 cm³/mol. The molecule has 2 heterocycles. The minimum atomic E-state index is -0.344. The van der Waals surface area contributed by atoms with E-state index in [0.717, 1.165) is 49.9 Å². The summed E-state index contributed by atoms with van der Waals surface area (Å²) in [5.74, 6) is 2.67. The lowest BCUT2D eigenvalue weighted by molar-refractivity contribution is 0.219. The molecule has 1 aromatic carbocycles. The first-order valence-corrected chi connectivity index (χ1v) is 14.5. The largest absolute Gasteiger partial charge is 0.351 e. The van der Waals surface area contributed by atoms with Crippen LogP contribution in [0.15, 0.2) is 36.5 Å². The molecule has 6 rings (SSSR count). The zero-order valence-corrected chi connectivity index (χ0v) is 23.0. The summed E-state index contributed by atoms with van der Waals surface area (Å²) < 4.78 is 0. The summed E-state index contributed by atoms with van der Waals surface area (Å²) in [6.45, 7) is 2.07. The second-order valence-corrected chi connectivity index (χ2v) is 11.9. The van der Waals surface area contributed by atoms with Crippen LogP contribution in [0.1, 0.15) is 86.6 Å². The molecule has 3 aliphatic carbocycles. The number of hydrogen-bond acceptors (Lipinski definition) is 7. The fourth-order valence-electron chi connectivity index (χ4n) is 6.56. The quantitative estimate of drug-likeness (QED) is 0.283. The highest BCUT2D eigenvalue weighted by Crippen LogP contribution is 2.34. The Labute approximate surface area is 234 Å². The summed E-state index contributed by atoms with van der Waals surface area (Å²) in [6, 6.07) is 12.2. The Kier molecular flexibility index (Phi) is 7.29. The lowest BCUT2D eigenvalue weighted by Crippen LogP contribution is -2.53. The predicted octanol–water partition coefficient (Wildman–Crippen LogP) is 5.05. The normalized spacial score (nSPS) is 24.2. The summed E-state index contributed by atoms with van der Waals surface area (Å²) >= 11 is 0. The van der Waals surface area contributed by atoms with Gasteiger partial charge in [-0.1, -0.05) is 18.9 Å². The number of benzene rings is 1. The summed E-state index contributed by atoms with van der Waals surface area (Å²) in [4.78, 5) is 21.9. The first-order valence-electron chi connectivity index (χ1n) is 14.5. The first-order chi connectivity index (χ1) is 19.4. The number of nitrogens with one attached hydrogen (secondary N) is 5. The van der Waals surface area contributed by atoms with Gasteiger partial charge in [0.05, 0.1) is 11.6 Å². The molecule has 1 unspecified atom stereocenters. The Bertz CT molecular complexity index is 1400. The van der Waals surface area contributed by atoms with Crippen molar-refractivity contribution in [2.24, 2.45) is 0 Å². The van der Waals surface area contributed by atoms with Gasteiger partial charge in [0, 0.05) is 41.5 Å². The second-order valence-electron chi connectivity index (χ2n) is 11.9. The molecule has 0 spiro atoms. The number of carbonyl (C=O) groups is 1. The van der Waals surface area contributed by atoms with E-state index in [1.54, 1.807) is 6.20 Å². The molecule has 2 fully saturated rings. The van der Waals surface area contributed by atoms with E-state index in [2.05, 4.69) is 60.5 Å². The van der Waals surface area contributed by atoms with E-state index >= 15 is 0 Å². The van der Waals surface area contributed by atoms with Crippen molar-refractivity contribution in [3.05, 3.63) is 58.9 Å². The molecule has 2 aromatic heterocycles. The van der Waals surface area contributed by atoms with E-state index in [1.165, 1.54) is 36.9 Å². The van der Waals surface area contributed by atoms with Gasteiger partial charge in [-0.05, 0) is 87.6 Å². The van der Waals surface area contributed by atoms with Crippen molar-refractivity contribution >= 4 is 23.6 Å². The van der Waals surface area contributed by atoms with Crippen molar-refractivity contribution in [1.82, 2.24) is 30.8 Å². The van der Waals surface area contributed by atoms with Crippen LogP contribution >= 0.6 is 0 Å². The molecule has 208 valence electrons. The number of aromatic nitrogens is 4. The minimum Gasteiger partial charge on any atom is -0.351 e. The van der Waals surface area contributed by atoms with Crippen LogP contribution in [0.25, 0.3) is 0 Å². The maximum absolute atomic E-state index is 12.9. The van der Waals surface area contributed by atoms with Crippen LogP contribution in [0.4, 0.5) is 22.4 Å². The number of nitrogens with zero attached hydrogens (tertiary/aromatic N) is 4. The Morgan fingerprint density at radius 3 is 2.58 bits per heavy atom. The highest BCUT2D eigenvalue weighted by molar-refractivity contribution is 5.75. The maximum Gasteiger partial charge on any atom is 0.315 e. The number of rotatable bonds is 7. The van der Waals surface area contributed by atoms with Gasteiger partial charge in [-0.25, -0.2) is 9.78 Å². The van der Waals surface area contributed by atoms with Gasteiger partial charge in [0.25, 0.3) is 0 Å². The van der Waals surface area contributed by atoms with Gasteiger partial charge in [0.15, 0.2) is 5.82 Å². The standard InChI is InChI=1S/C30H37N9O/c1-30(16-21-7-6-19(18-31)14-22(21)17-30)37-29(40)34-24-10-8-23(9-11-24)33-28-32-13-12-26(36-28)35-27-15-25(38-39-27)20-4-2-3-5-20/h6-7,12-15,20,23-24H,2-5,8-11,16-17H2,1H3,(H2,34,37,40)(H3,32,33,35,36,38,39). The van der Waals surface area contributed by atoms with E-state index in [0.29, 0.717) is 23.2 Å². The molecule has 10 heteroatoms. The molecule has 0 radical (unpaired) electrons. The molecule has 2 saturated carbocycles. The zero-order valence-electron chi connectivity index (χ0n) is 23.0. The van der Waals surface area contributed by atoms with Gasteiger partial charge in [-0.15, -0.1) is 0 Å². The molecule has 3 aliphatic rings. The topological polar surface area (TPSA) is 143 Å². The van der Waals surface area contributed by atoms with Crippen molar-refractivity contribution in [3.8, 4) is 6.07 Å². The number of fused-ring (bicyclic) bond motifs is 1. The van der Waals surface area contributed by atoms with Crippen LogP contribution in [0, 0.1) is 11.3 Å². The number of urea groups is 1. The summed E-state index contributed by atoms with van der Waals surface area (Å²) in [5.41, 5.74) is 3.87. The SMILES string of the molecule is CC1(NC(=O)NC2CCC(Nc3nccc(Nc4cc(C5CCCC5)[nH]n4)n3)CC2)Cc2ccc(C#N)cc2C1. The van der Waals surface area contributed by atoms with Crippen LogP contribution in [0.5, 0.6) is 0 Å². The average molecular weight is 540 g/mol. The summed E-state index contributed by atoms with van der Waals surface area (Å²) in [7, 11) is 0. The minimum absolute atomic E-state index is 0.121. The Morgan fingerprint density at radius 2 is 1.77 bits per heavy atom. The van der Waals surface area contributed by atoms with E-state index in [-0.39, 0.29) is 23.7 Å². The van der Waals surface area contributed by atoms with Gasteiger partial charge in [0.2, 0.25) is 5.95 Å². The fourth-order valence-corrected chi connectivity index (χ4v) is 6.56. The molecule has 0 saturated heterocycles. The van der Waals surface area contributed by atoms with E-state index in [4.69, 9.17) is 0 Å². The Balaban J connectivity index is 0.957. The number of nitriles is 1. The molecule has 5 N–H and O–H groups in total. The number of hydrogen-bond donors (Lipinski definition) is 5. The van der Waals surface area contributed by atoms with Crippen LogP contribution in [-0.2, 0) is 12.8 Å². The number of carbonyl (C=O) groups excluding carboxylic acids is 1. The van der Waals surface area contributed by atoms with Crippen molar-refractivity contribution in [3.63, 3.8) is 0 Å². The molecule has 40 heavy (non-hydrogen) atoms. The van der Waals surface area contributed by atoms with Crippen LogP contribution in [0.3, 0.4) is 0 Å². The number of amides is 2. The van der Waals surface area contributed by atoms with Gasteiger partial charge in [-0.2, -0.15) is 15.3 Å². The van der Waals surface area contributed by atoms with Crippen LogP contribution < -0.4 is 21.3 Å². The molecule has 10 nitrogen and oxygen atoms in total. The second kappa shape index (κ2) is 11.2. The highest BCUT2D eigenvalue weighted by Gasteiger charge is 2.35. The smallest absolute Gasteiger partial charge is 0.315 e. The van der Waals surface area contributed by atoms with Gasteiger partial charge in [0.1, 0.15) is 5.82 Å². The van der Waals surface area contributed by atoms with Gasteiger partial charge >= 0.3 is 6.03 Å². The Hall–Kier alpha value is -4.13. The molecule has 2 amide bonds. The molecule has 0 aliphatic heterocycles. The molecule has 1 atom stereocenters. The third-order valence-electron chi connectivity index (χ3n) is 8.61. The third-order valence-corrected chi connectivity index (χ3v) is 8.61. The number of H-pyrrole nitrogens is 1. The monoisotopic (exact) mass is 539 g/mol. The molecular weight excluding hydrogens is 502 g/mol. The maximum atomic E-state index is 12.9. The van der Waals surface area contributed by atoms with E-state index < -0.39 is 0 Å². The third kappa shape index (κ3) is 6.03. The molecular formula is C30H37N9O. The number of aromatic amines is 1. The van der Waals surface area contributed by atoms with Crippen LogP contribution in [0.2, 0.25) is 0 Å². The van der Waals surface area contributed by atoms with E-state index in [1.807, 2.05) is 24.3 Å². The van der Waals surface area contributed by atoms with Crippen molar-refractivity contribution < 1.29 is 4.79 Å². The van der Waals surface area contributed by atoms with Crippen molar-refractivity contribution in [1.29, 1.82) is 5.26 Å². The van der Waals surface area contributed by atoms with Crippen molar-refractivity contribution in [2.75, 3.05) is 10.6 Å². The number of anilines is 3. The van der Waals surface area contributed by atoms with Gasteiger partial charge < -0.3 is 21.3 Å². The summed E-state index contributed by atoms with van der Waals surface area (Å²) in [5, 5.41) is 29.9. The highest BCUT2D eigenvalue weighted by atomic mass is 16.2. The van der Waals surface area contributed by atoms with Crippen molar-refractivity contribution in [2.45, 2.75) is 94.7 Å². The lowest BCUT2D eigenvalue weighted by Gasteiger charge is -2.31. The zero-order chi connectivity index (χ0) is 27.5. The Morgan fingerprint density at radius 1 is 1.00 bits per heavy atom. The van der Waals surface area contributed by atoms with E-state index in [9.17, 15) is 10.1 Å². The molecule has 3 aromatic rings. The first kappa shape index (κ1) is 26.1. The fraction of sp³-hybridized carbons (Fsp3) is 0.500. The van der Waals surface area contributed by atoms with Crippen LogP contribution in [-0.4, -0.2) is 43.8 Å². The lowest BCUT2D eigenvalue weighted by atomic mass is 9.91. The van der Waals surface area contributed by atoms with Gasteiger partial charge in [-0.3, -0.25) is 5.10 Å². The summed E-state index contributed by atoms with van der Waals surface area (Å²) in [6.07, 6.45) is 11.9.